The van der Waals surface area contributed by atoms with Gasteiger partial charge in [0.1, 0.15) is 0 Å². The number of benzene rings is 1. The first-order chi connectivity index (χ1) is 10.3. The molecule has 1 aromatic carbocycles. The minimum absolute atomic E-state index is 0.670. The molecule has 0 saturated heterocycles. The van der Waals surface area contributed by atoms with Crippen molar-refractivity contribution in [1.82, 2.24) is 15.3 Å². The van der Waals surface area contributed by atoms with E-state index in [1.165, 1.54) is 0 Å². The molecular weight excluding hydrogens is 282 g/mol. The van der Waals surface area contributed by atoms with Crippen LogP contribution in [-0.2, 0) is 0 Å². The topological polar surface area (TPSA) is 37.8 Å². The van der Waals surface area contributed by atoms with Gasteiger partial charge in [0.2, 0.25) is 0 Å². The highest BCUT2D eigenvalue weighted by molar-refractivity contribution is 6.30. The number of aromatic nitrogens is 2. The van der Waals surface area contributed by atoms with Crippen LogP contribution in [0.4, 0.5) is 0 Å². The standard InChI is InChI=1S/C17H16ClN3/c1-3-5-13(8-9-19-2)16-17(21-11-10-20-16)14-6-4-7-15(18)12-14/h3-12,19H,1H2,2H3/b9-8-,13-5+. The van der Waals surface area contributed by atoms with Crippen LogP contribution in [0.3, 0.4) is 0 Å². The zero-order chi connectivity index (χ0) is 15.1. The number of nitrogens with zero attached hydrogens (tertiary/aromatic N) is 2. The lowest BCUT2D eigenvalue weighted by Gasteiger charge is -2.08. The lowest BCUT2D eigenvalue weighted by molar-refractivity contribution is 1.10. The van der Waals surface area contributed by atoms with Crippen molar-refractivity contribution < 1.29 is 0 Å². The summed E-state index contributed by atoms with van der Waals surface area (Å²) in [6, 6.07) is 7.58. The molecule has 1 heterocycles. The molecule has 2 rings (SSSR count). The van der Waals surface area contributed by atoms with Crippen LogP contribution in [0.25, 0.3) is 16.8 Å². The maximum Gasteiger partial charge on any atom is 0.0965 e. The Kier molecular flexibility index (Phi) is 5.29. The fourth-order valence-electron chi connectivity index (χ4n) is 1.91. The maximum atomic E-state index is 6.07. The van der Waals surface area contributed by atoms with Gasteiger partial charge in [-0.1, -0.05) is 42.5 Å². The smallest absolute Gasteiger partial charge is 0.0965 e. The summed E-state index contributed by atoms with van der Waals surface area (Å²) in [6.45, 7) is 3.75. The van der Waals surface area contributed by atoms with E-state index in [1.54, 1.807) is 18.5 Å². The molecule has 0 atom stereocenters. The Bertz CT molecular complexity index is 690. The fourth-order valence-corrected chi connectivity index (χ4v) is 2.10. The summed E-state index contributed by atoms with van der Waals surface area (Å²) in [6.07, 6.45) is 10.7. The Labute approximate surface area is 129 Å². The first-order valence-electron chi connectivity index (χ1n) is 6.50. The van der Waals surface area contributed by atoms with E-state index in [2.05, 4.69) is 21.9 Å². The minimum atomic E-state index is 0.670. The third-order valence-corrected chi connectivity index (χ3v) is 3.03. The highest BCUT2D eigenvalue weighted by Crippen LogP contribution is 2.27. The van der Waals surface area contributed by atoms with Gasteiger partial charge < -0.3 is 5.32 Å². The summed E-state index contributed by atoms with van der Waals surface area (Å²) in [5.41, 5.74) is 3.42. The number of hydrogen-bond acceptors (Lipinski definition) is 3. The van der Waals surface area contributed by atoms with E-state index in [1.807, 2.05) is 49.7 Å². The molecule has 0 radical (unpaired) electrons. The molecule has 0 spiro atoms. The average Bonchev–Trinajstić information content (AvgIpc) is 2.51. The number of allylic oxidation sites excluding steroid dienone is 4. The molecule has 0 bridgehead atoms. The second-order valence-corrected chi connectivity index (χ2v) is 4.68. The van der Waals surface area contributed by atoms with Crippen LogP contribution in [0.1, 0.15) is 5.69 Å². The lowest BCUT2D eigenvalue weighted by Crippen LogP contribution is -1.97. The fraction of sp³-hybridized carbons (Fsp3) is 0.0588. The SMILES string of the molecule is C=C/C=C(\C=C/NC)c1nccnc1-c1cccc(Cl)c1. The van der Waals surface area contributed by atoms with Crippen molar-refractivity contribution in [3.8, 4) is 11.3 Å². The van der Waals surface area contributed by atoms with Gasteiger partial charge in [0.05, 0.1) is 11.4 Å². The predicted molar refractivity (Wildman–Crippen MR) is 88.9 cm³/mol. The predicted octanol–water partition coefficient (Wildman–Crippen LogP) is 4.10. The second-order valence-electron chi connectivity index (χ2n) is 4.24. The van der Waals surface area contributed by atoms with Gasteiger partial charge in [0, 0.05) is 35.6 Å². The maximum absolute atomic E-state index is 6.07. The van der Waals surface area contributed by atoms with Crippen LogP contribution in [0.15, 0.2) is 67.7 Å². The Hall–Kier alpha value is -2.39. The number of halogens is 1. The van der Waals surface area contributed by atoms with Crippen LogP contribution in [0, 0.1) is 0 Å². The summed E-state index contributed by atoms with van der Waals surface area (Å²) in [7, 11) is 1.84. The van der Waals surface area contributed by atoms with Crippen molar-refractivity contribution in [3.63, 3.8) is 0 Å². The number of hydrogen-bond donors (Lipinski definition) is 1. The van der Waals surface area contributed by atoms with Crippen molar-refractivity contribution in [2.24, 2.45) is 0 Å². The van der Waals surface area contributed by atoms with Gasteiger partial charge in [-0.2, -0.15) is 0 Å². The van der Waals surface area contributed by atoms with Crippen molar-refractivity contribution in [3.05, 3.63) is 78.4 Å². The zero-order valence-corrected chi connectivity index (χ0v) is 12.5. The lowest BCUT2D eigenvalue weighted by atomic mass is 10.0. The molecule has 4 heteroatoms. The van der Waals surface area contributed by atoms with Gasteiger partial charge in [-0.05, 0) is 24.4 Å². The highest BCUT2D eigenvalue weighted by Gasteiger charge is 2.10. The largest absolute Gasteiger partial charge is 0.394 e. The van der Waals surface area contributed by atoms with E-state index in [-0.39, 0.29) is 0 Å². The van der Waals surface area contributed by atoms with Crippen LogP contribution in [0.5, 0.6) is 0 Å². The molecule has 0 saturated carbocycles. The van der Waals surface area contributed by atoms with Crippen molar-refractivity contribution in [2.45, 2.75) is 0 Å². The van der Waals surface area contributed by atoms with E-state index in [9.17, 15) is 0 Å². The van der Waals surface area contributed by atoms with E-state index < -0.39 is 0 Å². The van der Waals surface area contributed by atoms with Crippen molar-refractivity contribution >= 4 is 17.2 Å². The Morgan fingerprint density at radius 3 is 2.81 bits per heavy atom. The summed E-state index contributed by atoms with van der Waals surface area (Å²) in [4.78, 5) is 8.91. The van der Waals surface area contributed by atoms with Crippen molar-refractivity contribution in [1.29, 1.82) is 0 Å². The molecule has 1 N–H and O–H groups in total. The molecule has 2 aromatic rings. The molecule has 106 valence electrons. The summed E-state index contributed by atoms with van der Waals surface area (Å²) in [5.74, 6) is 0. The molecule has 1 aromatic heterocycles. The first-order valence-corrected chi connectivity index (χ1v) is 6.88. The summed E-state index contributed by atoms with van der Waals surface area (Å²) in [5, 5.41) is 3.64. The van der Waals surface area contributed by atoms with Gasteiger partial charge in [-0.25, -0.2) is 0 Å². The van der Waals surface area contributed by atoms with Crippen molar-refractivity contribution in [2.75, 3.05) is 7.05 Å². The van der Waals surface area contributed by atoms with Gasteiger partial charge in [0.25, 0.3) is 0 Å². The summed E-state index contributed by atoms with van der Waals surface area (Å²) < 4.78 is 0. The minimum Gasteiger partial charge on any atom is -0.394 e. The molecular formula is C17H16ClN3. The van der Waals surface area contributed by atoms with E-state index in [0.717, 1.165) is 22.5 Å². The van der Waals surface area contributed by atoms with Gasteiger partial charge in [-0.3, -0.25) is 9.97 Å². The average molecular weight is 298 g/mol. The Morgan fingerprint density at radius 2 is 2.10 bits per heavy atom. The first kappa shape index (κ1) is 15.0. The normalized spacial score (nSPS) is 11.6. The molecule has 0 fully saturated rings. The zero-order valence-electron chi connectivity index (χ0n) is 11.8. The third kappa shape index (κ3) is 3.80. The molecule has 0 aliphatic heterocycles. The van der Waals surface area contributed by atoms with Crippen LogP contribution in [-0.4, -0.2) is 17.0 Å². The second kappa shape index (κ2) is 7.41. The van der Waals surface area contributed by atoms with Crippen LogP contribution in [0.2, 0.25) is 5.02 Å². The van der Waals surface area contributed by atoms with Gasteiger partial charge in [0.15, 0.2) is 0 Å². The molecule has 0 amide bonds. The van der Waals surface area contributed by atoms with Crippen LogP contribution < -0.4 is 5.32 Å². The van der Waals surface area contributed by atoms with Crippen LogP contribution >= 0.6 is 11.6 Å². The monoisotopic (exact) mass is 297 g/mol. The van der Waals surface area contributed by atoms with Gasteiger partial charge >= 0.3 is 0 Å². The quantitative estimate of drug-likeness (QED) is 0.844. The number of rotatable bonds is 5. The molecule has 0 aliphatic carbocycles. The third-order valence-electron chi connectivity index (χ3n) is 2.80. The molecule has 3 nitrogen and oxygen atoms in total. The van der Waals surface area contributed by atoms with Gasteiger partial charge in [-0.15, -0.1) is 0 Å². The highest BCUT2D eigenvalue weighted by atomic mass is 35.5. The molecule has 0 unspecified atom stereocenters. The Balaban J connectivity index is 2.57. The van der Waals surface area contributed by atoms with E-state index in [0.29, 0.717) is 5.02 Å². The molecule has 0 aliphatic rings. The molecule has 21 heavy (non-hydrogen) atoms. The summed E-state index contributed by atoms with van der Waals surface area (Å²) >= 11 is 6.07. The van der Waals surface area contributed by atoms with E-state index >= 15 is 0 Å². The van der Waals surface area contributed by atoms with E-state index in [4.69, 9.17) is 11.6 Å². The Morgan fingerprint density at radius 1 is 1.29 bits per heavy atom. The number of nitrogens with one attached hydrogen (secondary N) is 1.